The number of alkyl halides is 3. The minimum atomic E-state index is -4.75. The summed E-state index contributed by atoms with van der Waals surface area (Å²) in [7, 11) is 0. The van der Waals surface area contributed by atoms with Crippen molar-refractivity contribution in [2.45, 2.75) is 12.8 Å². The summed E-state index contributed by atoms with van der Waals surface area (Å²) in [5.74, 6) is 4.68. The van der Waals surface area contributed by atoms with Gasteiger partial charge in [0.1, 0.15) is 11.5 Å². The van der Waals surface area contributed by atoms with Crippen molar-refractivity contribution in [2.24, 2.45) is 5.90 Å². The maximum absolute atomic E-state index is 11.9. The van der Waals surface area contributed by atoms with Crippen LogP contribution in [-0.2, 0) is 4.84 Å². The van der Waals surface area contributed by atoms with Gasteiger partial charge in [-0.25, -0.2) is 5.90 Å². The fraction of sp³-hybridized carbons (Fsp3) is 0.400. The highest BCUT2D eigenvalue weighted by Gasteiger charge is 2.31. The molecule has 0 saturated carbocycles. The van der Waals surface area contributed by atoms with Gasteiger partial charge in [-0.2, -0.15) is 0 Å². The average molecular weight is 286 g/mol. The molecule has 0 bridgehead atoms. The van der Waals surface area contributed by atoms with E-state index in [-0.39, 0.29) is 17.4 Å². The molecule has 0 radical (unpaired) electrons. The third kappa shape index (κ3) is 5.44. The lowest BCUT2D eigenvalue weighted by atomic mass is 10.3. The maximum atomic E-state index is 11.9. The highest BCUT2D eigenvalue weighted by atomic mass is 35.5. The Morgan fingerprint density at radius 1 is 1.22 bits per heavy atom. The van der Waals surface area contributed by atoms with Gasteiger partial charge in [-0.05, 0) is 12.1 Å². The summed E-state index contributed by atoms with van der Waals surface area (Å²) >= 11 is 5.74. The summed E-state index contributed by atoms with van der Waals surface area (Å²) in [6.45, 7) is 0.600. The van der Waals surface area contributed by atoms with Crippen molar-refractivity contribution in [3.05, 3.63) is 23.2 Å². The lowest BCUT2D eigenvalue weighted by molar-refractivity contribution is -0.274. The Balaban J connectivity index is 2.57. The van der Waals surface area contributed by atoms with Gasteiger partial charge in [0.25, 0.3) is 0 Å². The molecule has 102 valence electrons. The summed E-state index contributed by atoms with van der Waals surface area (Å²) in [5.41, 5.74) is 0. The molecule has 0 saturated heterocycles. The van der Waals surface area contributed by atoms with Gasteiger partial charge in [-0.15, -0.1) is 13.2 Å². The van der Waals surface area contributed by atoms with Gasteiger partial charge >= 0.3 is 6.36 Å². The van der Waals surface area contributed by atoms with Crippen LogP contribution in [0.25, 0.3) is 0 Å². The molecule has 0 spiro atoms. The van der Waals surface area contributed by atoms with Gasteiger partial charge in [0.15, 0.2) is 0 Å². The average Bonchev–Trinajstić information content (AvgIpc) is 2.24. The van der Waals surface area contributed by atoms with Crippen molar-refractivity contribution in [3.8, 4) is 11.5 Å². The Bertz CT molecular complexity index is 387. The Morgan fingerprint density at radius 2 is 1.94 bits per heavy atom. The molecule has 1 aromatic carbocycles. The number of benzene rings is 1. The van der Waals surface area contributed by atoms with Crippen molar-refractivity contribution in [1.82, 2.24) is 0 Å². The first-order valence-corrected chi connectivity index (χ1v) is 5.30. The third-order valence-corrected chi connectivity index (χ3v) is 2.10. The SMILES string of the molecule is NOCCCOc1ccc(OC(F)(F)F)cc1Cl. The second kappa shape index (κ2) is 6.67. The number of rotatable bonds is 6. The summed E-state index contributed by atoms with van der Waals surface area (Å²) < 4.78 is 44.7. The predicted molar refractivity (Wildman–Crippen MR) is 58.4 cm³/mol. The first-order chi connectivity index (χ1) is 8.42. The van der Waals surface area contributed by atoms with E-state index in [1.807, 2.05) is 0 Å². The number of hydrogen-bond donors (Lipinski definition) is 1. The third-order valence-electron chi connectivity index (χ3n) is 1.80. The molecule has 0 aliphatic carbocycles. The molecule has 1 rings (SSSR count). The molecule has 18 heavy (non-hydrogen) atoms. The smallest absolute Gasteiger partial charge is 0.492 e. The van der Waals surface area contributed by atoms with Crippen molar-refractivity contribution in [2.75, 3.05) is 13.2 Å². The second-order valence-corrected chi connectivity index (χ2v) is 3.62. The van der Waals surface area contributed by atoms with Crippen LogP contribution in [0.15, 0.2) is 18.2 Å². The van der Waals surface area contributed by atoms with E-state index in [4.69, 9.17) is 22.2 Å². The zero-order chi connectivity index (χ0) is 13.6. The Morgan fingerprint density at radius 3 is 2.50 bits per heavy atom. The Kier molecular flexibility index (Phi) is 5.52. The molecule has 2 N–H and O–H groups in total. The molecule has 8 heteroatoms. The molecular weight excluding hydrogens is 275 g/mol. The summed E-state index contributed by atoms with van der Waals surface area (Å²) in [5, 5.41) is 0.0328. The zero-order valence-electron chi connectivity index (χ0n) is 9.17. The number of halogens is 4. The van der Waals surface area contributed by atoms with E-state index in [9.17, 15) is 13.2 Å². The minimum Gasteiger partial charge on any atom is -0.492 e. The summed E-state index contributed by atoms with van der Waals surface area (Å²) in [4.78, 5) is 4.33. The quantitative estimate of drug-likeness (QED) is 0.645. The lowest BCUT2D eigenvalue weighted by Gasteiger charge is -2.11. The zero-order valence-corrected chi connectivity index (χ0v) is 9.92. The van der Waals surface area contributed by atoms with E-state index in [0.29, 0.717) is 13.0 Å². The van der Waals surface area contributed by atoms with E-state index < -0.39 is 12.1 Å². The van der Waals surface area contributed by atoms with E-state index in [0.717, 1.165) is 12.1 Å². The van der Waals surface area contributed by atoms with Gasteiger partial charge in [0.2, 0.25) is 0 Å². The fourth-order valence-corrected chi connectivity index (χ4v) is 1.35. The van der Waals surface area contributed by atoms with Crippen LogP contribution in [0.5, 0.6) is 11.5 Å². The van der Waals surface area contributed by atoms with Gasteiger partial charge in [-0.3, -0.25) is 0 Å². The van der Waals surface area contributed by atoms with Gasteiger partial charge in [-0.1, -0.05) is 11.6 Å². The lowest BCUT2D eigenvalue weighted by Crippen LogP contribution is -2.17. The van der Waals surface area contributed by atoms with Crippen molar-refractivity contribution < 1.29 is 27.5 Å². The van der Waals surface area contributed by atoms with Crippen molar-refractivity contribution >= 4 is 11.6 Å². The van der Waals surface area contributed by atoms with Crippen LogP contribution in [-0.4, -0.2) is 19.6 Å². The fourth-order valence-electron chi connectivity index (χ4n) is 1.12. The first-order valence-electron chi connectivity index (χ1n) is 4.92. The molecule has 0 atom stereocenters. The molecular formula is C10H11ClF3NO3. The number of ether oxygens (including phenoxy) is 2. The standard InChI is InChI=1S/C10H11ClF3NO3/c11-8-6-7(18-10(12,13)14)2-3-9(8)16-4-1-5-17-15/h2-3,6H,1,4-5,15H2. The van der Waals surface area contributed by atoms with Crippen LogP contribution in [0.4, 0.5) is 13.2 Å². The molecule has 0 unspecified atom stereocenters. The molecule has 0 fully saturated rings. The topological polar surface area (TPSA) is 53.7 Å². The van der Waals surface area contributed by atoms with E-state index in [2.05, 4.69) is 9.57 Å². The second-order valence-electron chi connectivity index (χ2n) is 3.21. The van der Waals surface area contributed by atoms with Crippen LogP contribution in [0.2, 0.25) is 5.02 Å². The molecule has 0 heterocycles. The van der Waals surface area contributed by atoms with E-state index in [1.54, 1.807) is 0 Å². The molecule has 0 aliphatic rings. The van der Waals surface area contributed by atoms with Gasteiger partial charge in [0, 0.05) is 12.5 Å². The molecule has 0 aliphatic heterocycles. The Labute approximate surface area is 106 Å². The van der Waals surface area contributed by atoms with Gasteiger partial charge < -0.3 is 14.3 Å². The highest BCUT2D eigenvalue weighted by molar-refractivity contribution is 6.32. The monoisotopic (exact) mass is 285 g/mol. The van der Waals surface area contributed by atoms with Crippen molar-refractivity contribution in [1.29, 1.82) is 0 Å². The van der Waals surface area contributed by atoms with Crippen LogP contribution < -0.4 is 15.4 Å². The normalized spacial score (nSPS) is 11.4. The van der Waals surface area contributed by atoms with Crippen LogP contribution in [0, 0.1) is 0 Å². The first kappa shape index (κ1) is 14.9. The Hall–Kier alpha value is -1.18. The summed E-state index contributed by atoms with van der Waals surface area (Å²) in [6.07, 6.45) is -4.21. The molecule has 4 nitrogen and oxygen atoms in total. The van der Waals surface area contributed by atoms with Crippen molar-refractivity contribution in [3.63, 3.8) is 0 Å². The molecule has 0 amide bonds. The minimum absolute atomic E-state index is 0.0328. The molecule has 1 aromatic rings. The van der Waals surface area contributed by atoms with E-state index in [1.165, 1.54) is 6.07 Å². The maximum Gasteiger partial charge on any atom is 0.573 e. The largest absolute Gasteiger partial charge is 0.573 e. The predicted octanol–water partition coefficient (Wildman–Crippen LogP) is 2.90. The summed E-state index contributed by atoms with van der Waals surface area (Å²) in [6, 6.07) is 3.45. The van der Waals surface area contributed by atoms with Crippen LogP contribution >= 0.6 is 11.6 Å². The van der Waals surface area contributed by atoms with Gasteiger partial charge in [0.05, 0.1) is 18.2 Å². The van der Waals surface area contributed by atoms with Crippen LogP contribution in [0.3, 0.4) is 0 Å². The van der Waals surface area contributed by atoms with Crippen LogP contribution in [0.1, 0.15) is 6.42 Å². The van der Waals surface area contributed by atoms with E-state index >= 15 is 0 Å². The number of nitrogens with two attached hydrogens (primary N) is 1. The highest BCUT2D eigenvalue weighted by Crippen LogP contribution is 2.31. The molecule has 0 aromatic heterocycles. The number of hydrogen-bond acceptors (Lipinski definition) is 4.